The Morgan fingerprint density at radius 1 is 0.750 bits per heavy atom. The Hall–Kier alpha value is -3.12. The highest BCUT2D eigenvalue weighted by molar-refractivity contribution is 5.65. The minimum atomic E-state index is -0.652. The van der Waals surface area contributed by atoms with E-state index in [4.69, 9.17) is 0 Å². The van der Waals surface area contributed by atoms with Crippen molar-refractivity contribution < 1.29 is 13.9 Å². The zero-order chi connectivity index (χ0) is 17.1. The smallest absolute Gasteiger partial charge is 0.142 e. The first-order chi connectivity index (χ1) is 11.5. The predicted octanol–water partition coefficient (Wildman–Crippen LogP) is 5.05. The molecule has 0 heterocycles. The van der Waals surface area contributed by atoms with Crippen LogP contribution < -0.4 is 0 Å². The second-order valence-corrected chi connectivity index (χ2v) is 5.48. The molecule has 3 rings (SSSR count). The molecule has 0 radical (unpaired) electrons. The van der Waals surface area contributed by atoms with Crippen LogP contribution in [0.1, 0.15) is 16.7 Å². The van der Waals surface area contributed by atoms with E-state index in [1.54, 1.807) is 31.2 Å². The molecule has 118 valence electrons. The minimum absolute atomic E-state index is 0.211. The van der Waals surface area contributed by atoms with Crippen LogP contribution in [0, 0.1) is 30.4 Å². The van der Waals surface area contributed by atoms with Gasteiger partial charge in [-0.05, 0) is 60.0 Å². The van der Waals surface area contributed by atoms with Gasteiger partial charge in [-0.1, -0.05) is 36.1 Å². The zero-order valence-electron chi connectivity index (χ0n) is 13.0. The van der Waals surface area contributed by atoms with Gasteiger partial charge in [0.1, 0.15) is 17.4 Å². The molecule has 0 spiro atoms. The summed E-state index contributed by atoms with van der Waals surface area (Å²) in [6, 6.07) is 16.7. The first kappa shape index (κ1) is 15.8. The van der Waals surface area contributed by atoms with E-state index in [2.05, 4.69) is 11.8 Å². The molecule has 0 aliphatic carbocycles. The lowest BCUT2D eigenvalue weighted by Gasteiger charge is -2.02. The van der Waals surface area contributed by atoms with E-state index >= 15 is 0 Å². The van der Waals surface area contributed by atoms with Crippen molar-refractivity contribution in [1.82, 2.24) is 0 Å². The highest BCUT2D eigenvalue weighted by Gasteiger charge is 2.07. The van der Waals surface area contributed by atoms with Crippen LogP contribution >= 0.6 is 0 Å². The summed E-state index contributed by atoms with van der Waals surface area (Å²) < 4.78 is 27.5. The van der Waals surface area contributed by atoms with Crippen molar-refractivity contribution in [3.63, 3.8) is 0 Å². The van der Waals surface area contributed by atoms with Gasteiger partial charge < -0.3 is 5.11 Å². The van der Waals surface area contributed by atoms with Crippen molar-refractivity contribution in [1.29, 1.82) is 0 Å². The Bertz CT molecular complexity index is 907. The van der Waals surface area contributed by atoms with Crippen LogP contribution in [-0.4, -0.2) is 5.11 Å². The topological polar surface area (TPSA) is 20.2 Å². The average Bonchev–Trinajstić information content (AvgIpc) is 2.55. The summed E-state index contributed by atoms with van der Waals surface area (Å²) in [6.45, 7) is 1.63. The van der Waals surface area contributed by atoms with Crippen LogP contribution in [0.15, 0.2) is 60.7 Å². The molecule has 0 fully saturated rings. The average molecular weight is 320 g/mol. The van der Waals surface area contributed by atoms with E-state index < -0.39 is 11.6 Å². The fourth-order valence-electron chi connectivity index (χ4n) is 2.35. The maximum atomic E-state index is 13.8. The Morgan fingerprint density at radius 2 is 1.25 bits per heavy atom. The fraction of sp³-hybridized carbons (Fsp3) is 0.0476. The summed E-state index contributed by atoms with van der Waals surface area (Å²) in [4.78, 5) is 0. The molecule has 0 atom stereocenters. The normalized spacial score (nSPS) is 10.1. The largest absolute Gasteiger partial charge is 0.508 e. The van der Waals surface area contributed by atoms with Gasteiger partial charge in [-0.2, -0.15) is 0 Å². The lowest BCUT2D eigenvalue weighted by atomic mass is 10.0. The van der Waals surface area contributed by atoms with Gasteiger partial charge in [-0.15, -0.1) is 0 Å². The predicted molar refractivity (Wildman–Crippen MR) is 90.6 cm³/mol. The third-order valence-corrected chi connectivity index (χ3v) is 3.60. The number of benzene rings is 3. The summed E-state index contributed by atoms with van der Waals surface area (Å²) in [7, 11) is 0. The summed E-state index contributed by atoms with van der Waals surface area (Å²) >= 11 is 0. The van der Waals surface area contributed by atoms with Gasteiger partial charge >= 0.3 is 0 Å². The van der Waals surface area contributed by atoms with Crippen molar-refractivity contribution in [2.75, 3.05) is 0 Å². The monoisotopic (exact) mass is 320 g/mol. The van der Waals surface area contributed by atoms with Gasteiger partial charge in [0, 0.05) is 5.56 Å². The molecule has 3 aromatic rings. The standard InChI is InChI=1S/C21H14F2O/c1-14-12-20(22)19(21(23)13-14)11-4-15-2-5-16(6-3-15)17-7-9-18(24)10-8-17/h2-3,5-10,12-13,24H,1H3. The van der Waals surface area contributed by atoms with Crippen LogP contribution in [0.3, 0.4) is 0 Å². The molecule has 24 heavy (non-hydrogen) atoms. The maximum Gasteiger partial charge on any atom is 0.142 e. The first-order valence-electron chi connectivity index (χ1n) is 7.40. The van der Waals surface area contributed by atoms with Gasteiger partial charge in [-0.3, -0.25) is 0 Å². The Morgan fingerprint density at radius 3 is 1.79 bits per heavy atom. The Labute approximate surface area is 139 Å². The number of phenols is 1. The molecule has 3 heteroatoms. The Kier molecular flexibility index (Phi) is 4.31. The molecule has 0 saturated heterocycles. The van der Waals surface area contributed by atoms with Gasteiger partial charge in [0.25, 0.3) is 0 Å². The quantitative estimate of drug-likeness (QED) is 0.622. The van der Waals surface area contributed by atoms with Gasteiger partial charge in [0.2, 0.25) is 0 Å². The number of aryl methyl sites for hydroxylation is 1. The van der Waals surface area contributed by atoms with Gasteiger partial charge in [0.05, 0.1) is 5.56 Å². The third kappa shape index (κ3) is 3.44. The van der Waals surface area contributed by atoms with Crippen LogP contribution in [0.25, 0.3) is 11.1 Å². The number of rotatable bonds is 1. The number of phenolic OH excluding ortho intramolecular Hbond substituents is 1. The molecule has 0 aliphatic rings. The molecule has 3 aromatic carbocycles. The van der Waals surface area contributed by atoms with Crippen molar-refractivity contribution in [3.8, 4) is 28.7 Å². The third-order valence-electron chi connectivity index (χ3n) is 3.60. The second kappa shape index (κ2) is 6.55. The van der Waals surface area contributed by atoms with Gasteiger partial charge in [0.15, 0.2) is 0 Å². The molecule has 1 nitrogen and oxygen atoms in total. The maximum absolute atomic E-state index is 13.8. The van der Waals surface area contributed by atoms with Crippen molar-refractivity contribution in [2.45, 2.75) is 6.92 Å². The van der Waals surface area contributed by atoms with E-state index in [0.717, 1.165) is 11.1 Å². The minimum Gasteiger partial charge on any atom is -0.508 e. The van der Waals surface area contributed by atoms with Crippen molar-refractivity contribution in [3.05, 3.63) is 89.0 Å². The molecule has 0 saturated carbocycles. The molecular formula is C21H14F2O. The molecular weight excluding hydrogens is 306 g/mol. The summed E-state index contributed by atoms with van der Waals surface area (Å²) in [5.41, 5.74) is 2.89. The van der Waals surface area contributed by atoms with Gasteiger partial charge in [-0.25, -0.2) is 8.78 Å². The van der Waals surface area contributed by atoms with Crippen molar-refractivity contribution in [2.24, 2.45) is 0 Å². The van der Waals surface area contributed by atoms with Crippen LogP contribution in [0.4, 0.5) is 8.78 Å². The Balaban J connectivity index is 1.87. The molecule has 1 N–H and O–H groups in total. The van der Waals surface area contributed by atoms with Crippen LogP contribution in [0.2, 0.25) is 0 Å². The zero-order valence-corrected chi connectivity index (χ0v) is 13.0. The molecule has 0 unspecified atom stereocenters. The number of aromatic hydroxyl groups is 1. The van der Waals surface area contributed by atoms with E-state index in [1.807, 2.05) is 24.3 Å². The van der Waals surface area contributed by atoms with Crippen LogP contribution in [0.5, 0.6) is 5.75 Å². The second-order valence-electron chi connectivity index (χ2n) is 5.48. The first-order valence-corrected chi connectivity index (χ1v) is 7.40. The van der Waals surface area contributed by atoms with E-state index in [1.165, 1.54) is 12.1 Å². The summed E-state index contributed by atoms with van der Waals surface area (Å²) in [5.74, 6) is 4.25. The van der Waals surface area contributed by atoms with E-state index in [9.17, 15) is 13.9 Å². The SMILES string of the molecule is Cc1cc(F)c(C#Cc2ccc(-c3ccc(O)cc3)cc2)c(F)c1. The van der Waals surface area contributed by atoms with E-state index in [0.29, 0.717) is 11.1 Å². The highest BCUT2D eigenvalue weighted by Crippen LogP contribution is 2.22. The molecule has 0 aromatic heterocycles. The molecule has 0 aliphatic heterocycles. The molecule has 0 amide bonds. The van der Waals surface area contributed by atoms with Crippen molar-refractivity contribution >= 4 is 0 Å². The summed E-state index contributed by atoms with van der Waals surface area (Å²) in [6.07, 6.45) is 0. The molecule has 0 bridgehead atoms. The lowest BCUT2D eigenvalue weighted by Crippen LogP contribution is -1.91. The summed E-state index contributed by atoms with van der Waals surface area (Å²) in [5, 5.41) is 9.31. The lowest BCUT2D eigenvalue weighted by molar-refractivity contribution is 0.475. The van der Waals surface area contributed by atoms with E-state index in [-0.39, 0.29) is 11.3 Å². The number of hydrogen-bond donors (Lipinski definition) is 1. The van der Waals surface area contributed by atoms with Crippen LogP contribution in [-0.2, 0) is 0 Å². The number of hydrogen-bond acceptors (Lipinski definition) is 1. The fourth-order valence-corrected chi connectivity index (χ4v) is 2.35. The highest BCUT2D eigenvalue weighted by atomic mass is 19.1. The number of halogens is 2.